The Balaban J connectivity index is 1.80. The van der Waals surface area contributed by atoms with Crippen LogP contribution in [0.5, 0.6) is 5.75 Å². The molecule has 2 rings (SSSR count). The summed E-state index contributed by atoms with van der Waals surface area (Å²) in [5.41, 5.74) is 6.52. The van der Waals surface area contributed by atoms with E-state index < -0.39 is 0 Å². The molecule has 0 spiro atoms. The second kappa shape index (κ2) is 11.2. The third kappa shape index (κ3) is 7.65. The van der Waals surface area contributed by atoms with Crippen LogP contribution in [0.25, 0.3) is 0 Å². The van der Waals surface area contributed by atoms with E-state index in [9.17, 15) is 4.79 Å². The molecule has 0 aliphatic carbocycles. The highest BCUT2D eigenvalue weighted by Crippen LogP contribution is 2.14. The summed E-state index contributed by atoms with van der Waals surface area (Å²) >= 11 is 0. The molecule has 0 fully saturated rings. The summed E-state index contributed by atoms with van der Waals surface area (Å²) in [6, 6.07) is 15.8. The number of carbonyl (C=O) groups is 1. The maximum Gasteiger partial charge on any atom is 0.244 e. The molecule has 1 N–H and O–H groups in total. The molecule has 144 valence electrons. The molecular formula is C23H30N2O2. The number of hydrogen-bond donors (Lipinski definition) is 1. The van der Waals surface area contributed by atoms with Gasteiger partial charge in [-0.3, -0.25) is 4.79 Å². The predicted molar refractivity (Wildman–Crippen MR) is 111 cm³/mol. The van der Waals surface area contributed by atoms with Gasteiger partial charge in [0, 0.05) is 0 Å². The zero-order chi connectivity index (χ0) is 19.5. The van der Waals surface area contributed by atoms with Gasteiger partial charge < -0.3 is 4.74 Å². The lowest BCUT2D eigenvalue weighted by atomic mass is 10.1. The summed E-state index contributed by atoms with van der Waals surface area (Å²) in [6.45, 7) is 6.86. The minimum Gasteiger partial charge on any atom is -0.494 e. The fourth-order valence-electron chi connectivity index (χ4n) is 2.65. The first-order chi connectivity index (χ1) is 13.1. The molecule has 0 saturated carbocycles. The lowest BCUT2D eigenvalue weighted by Gasteiger charge is -2.07. The van der Waals surface area contributed by atoms with Crippen LogP contribution >= 0.6 is 0 Å². The topological polar surface area (TPSA) is 50.7 Å². The van der Waals surface area contributed by atoms with Gasteiger partial charge in [0.15, 0.2) is 0 Å². The third-order valence-corrected chi connectivity index (χ3v) is 4.37. The van der Waals surface area contributed by atoms with E-state index in [1.807, 2.05) is 62.4 Å². The first-order valence-corrected chi connectivity index (χ1v) is 9.70. The van der Waals surface area contributed by atoms with Crippen molar-refractivity contribution in [3.8, 4) is 5.75 Å². The maximum absolute atomic E-state index is 12.0. The van der Waals surface area contributed by atoms with E-state index in [4.69, 9.17) is 4.74 Å². The average Bonchev–Trinajstić information content (AvgIpc) is 2.68. The van der Waals surface area contributed by atoms with Crippen molar-refractivity contribution in [3.63, 3.8) is 0 Å². The average molecular weight is 367 g/mol. The number of unbranched alkanes of at least 4 members (excludes halogenated alkanes) is 3. The number of nitrogens with one attached hydrogen (secondary N) is 1. The van der Waals surface area contributed by atoms with E-state index in [0.717, 1.165) is 35.6 Å². The summed E-state index contributed by atoms with van der Waals surface area (Å²) in [5, 5.41) is 4.21. The van der Waals surface area contributed by atoms with Crippen LogP contribution in [0.4, 0.5) is 0 Å². The normalized spacial score (nSPS) is 11.3. The van der Waals surface area contributed by atoms with Crippen molar-refractivity contribution in [2.75, 3.05) is 6.61 Å². The quantitative estimate of drug-likeness (QED) is 0.364. The van der Waals surface area contributed by atoms with E-state index in [0.29, 0.717) is 6.42 Å². The number of hydrogen-bond acceptors (Lipinski definition) is 3. The van der Waals surface area contributed by atoms with Gasteiger partial charge in [-0.15, -0.1) is 0 Å². The Hall–Kier alpha value is -2.62. The molecule has 4 nitrogen and oxygen atoms in total. The fourth-order valence-corrected chi connectivity index (χ4v) is 2.65. The van der Waals surface area contributed by atoms with E-state index >= 15 is 0 Å². The molecule has 4 heteroatoms. The number of amides is 1. The fraction of sp³-hybridized carbons (Fsp3) is 0.391. The van der Waals surface area contributed by atoms with Gasteiger partial charge in [-0.25, -0.2) is 5.43 Å². The molecule has 2 aromatic rings. The van der Waals surface area contributed by atoms with Crippen molar-refractivity contribution in [2.24, 2.45) is 5.10 Å². The molecule has 0 unspecified atom stereocenters. The third-order valence-electron chi connectivity index (χ3n) is 4.37. The van der Waals surface area contributed by atoms with Crippen LogP contribution in [-0.2, 0) is 11.2 Å². The van der Waals surface area contributed by atoms with Gasteiger partial charge >= 0.3 is 0 Å². The monoisotopic (exact) mass is 366 g/mol. The van der Waals surface area contributed by atoms with Crippen molar-refractivity contribution in [2.45, 2.75) is 52.9 Å². The largest absolute Gasteiger partial charge is 0.494 e. The van der Waals surface area contributed by atoms with Gasteiger partial charge in [0.2, 0.25) is 5.91 Å². The Morgan fingerprint density at radius 1 is 1.00 bits per heavy atom. The molecule has 0 radical (unpaired) electrons. The Morgan fingerprint density at radius 2 is 1.70 bits per heavy atom. The Morgan fingerprint density at radius 3 is 2.37 bits per heavy atom. The zero-order valence-electron chi connectivity index (χ0n) is 16.6. The molecular weight excluding hydrogens is 336 g/mol. The van der Waals surface area contributed by atoms with Crippen molar-refractivity contribution in [3.05, 3.63) is 65.2 Å². The van der Waals surface area contributed by atoms with E-state index in [1.165, 1.54) is 24.8 Å². The van der Waals surface area contributed by atoms with Gasteiger partial charge in [-0.1, -0.05) is 56.0 Å². The molecule has 0 aromatic heterocycles. The SMILES string of the molecule is CCCCCCOc1ccc(/C(C)=N/NC(=O)Cc2ccc(C)cc2)cc1. The van der Waals surface area contributed by atoms with E-state index in [1.54, 1.807) is 0 Å². The second-order valence-electron chi connectivity index (χ2n) is 6.83. The number of ether oxygens (including phenoxy) is 1. The standard InChI is InChI=1S/C23H30N2O2/c1-4-5-6-7-16-27-22-14-12-21(13-15-22)19(3)24-25-23(26)17-20-10-8-18(2)9-11-20/h8-15H,4-7,16-17H2,1-3H3,(H,25,26)/b24-19+. The zero-order valence-corrected chi connectivity index (χ0v) is 16.6. The molecule has 0 heterocycles. The number of benzene rings is 2. The highest BCUT2D eigenvalue weighted by Gasteiger charge is 2.04. The van der Waals surface area contributed by atoms with Gasteiger partial charge in [0.25, 0.3) is 0 Å². The van der Waals surface area contributed by atoms with Crippen LogP contribution in [0.2, 0.25) is 0 Å². The first-order valence-electron chi connectivity index (χ1n) is 9.70. The number of aryl methyl sites for hydroxylation is 1. The highest BCUT2D eigenvalue weighted by atomic mass is 16.5. The van der Waals surface area contributed by atoms with E-state index in [2.05, 4.69) is 17.5 Å². The molecule has 0 aliphatic heterocycles. The number of rotatable bonds is 10. The summed E-state index contributed by atoms with van der Waals surface area (Å²) in [5.74, 6) is 0.747. The highest BCUT2D eigenvalue weighted by molar-refractivity contribution is 5.99. The Labute approximate surface area is 162 Å². The van der Waals surface area contributed by atoms with Crippen molar-refractivity contribution in [1.82, 2.24) is 5.43 Å². The van der Waals surface area contributed by atoms with Gasteiger partial charge in [-0.05, 0) is 55.7 Å². The first kappa shape index (κ1) is 20.7. The summed E-state index contributed by atoms with van der Waals surface area (Å²) < 4.78 is 5.75. The number of hydrazone groups is 1. The summed E-state index contributed by atoms with van der Waals surface area (Å²) in [4.78, 5) is 12.0. The second-order valence-corrected chi connectivity index (χ2v) is 6.83. The van der Waals surface area contributed by atoms with Crippen molar-refractivity contribution in [1.29, 1.82) is 0 Å². The molecule has 0 saturated heterocycles. The Bertz CT molecular complexity index is 734. The number of carbonyl (C=O) groups excluding carboxylic acids is 1. The summed E-state index contributed by atoms with van der Waals surface area (Å²) in [6.07, 6.45) is 5.11. The lowest BCUT2D eigenvalue weighted by Crippen LogP contribution is -2.21. The van der Waals surface area contributed by atoms with Crippen LogP contribution in [-0.4, -0.2) is 18.2 Å². The van der Waals surface area contributed by atoms with Crippen molar-refractivity contribution >= 4 is 11.6 Å². The Kier molecular flexibility index (Phi) is 8.56. The van der Waals surface area contributed by atoms with Gasteiger partial charge in [0.1, 0.15) is 5.75 Å². The smallest absolute Gasteiger partial charge is 0.244 e. The van der Waals surface area contributed by atoms with Crippen LogP contribution in [0.1, 0.15) is 56.2 Å². The maximum atomic E-state index is 12.0. The molecule has 27 heavy (non-hydrogen) atoms. The molecule has 1 amide bonds. The van der Waals surface area contributed by atoms with Gasteiger partial charge in [-0.2, -0.15) is 5.10 Å². The van der Waals surface area contributed by atoms with Crippen LogP contribution in [0, 0.1) is 6.92 Å². The van der Waals surface area contributed by atoms with Gasteiger partial charge in [0.05, 0.1) is 18.7 Å². The van der Waals surface area contributed by atoms with Crippen molar-refractivity contribution < 1.29 is 9.53 Å². The van der Waals surface area contributed by atoms with E-state index in [-0.39, 0.29) is 5.91 Å². The number of nitrogens with zero attached hydrogens (tertiary/aromatic N) is 1. The minimum atomic E-state index is -0.120. The minimum absolute atomic E-state index is 0.120. The molecule has 0 bridgehead atoms. The predicted octanol–water partition coefficient (Wildman–Crippen LogP) is 5.04. The lowest BCUT2D eigenvalue weighted by molar-refractivity contribution is -0.120. The molecule has 2 aromatic carbocycles. The van der Waals surface area contributed by atoms with Crippen LogP contribution in [0.15, 0.2) is 53.6 Å². The molecule has 0 aliphatic rings. The van der Waals surface area contributed by atoms with Crippen LogP contribution < -0.4 is 10.2 Å². The van der Waals surface area contributed by atoms with Crippen LogP contribution in [0.3, 0.4) is 0 Å². The molecule has 0 atom stereocenters. The summed E-state index contributed by atoms with van der Waals surface area (Å²) in [7, 11) is 0.